The van der Waals surface area contributed by atoms with E-state index < -0.39 is 6.03 Å². The zero-order valence-electron chi connectivity index (χ0n) is 11.8. The highest BCUT2D eigenvalue weighted by molar-refractivity contribution is 6.01. The van der Waals surface area contributed by atoms with Gasteiger partial charge in [0.1, 0.15) is 0 Å². The molecule has 21 heavy (non-hydrogen) atoms. The quantitative estimate of drug-likeness (QED) is 0.706. The van der Waals surface area contributed by atoms with Gasteiger partial charge in [-0.05, 0) is 41.8 Å². The second-order valence-electron chi connectivity index (χ2n) is 5.03. The van der Waals surface area contributed by atoms with Gasteiger partial charge in [-0.2, -0.15) is 0 Å². The Hall–Kier alpha value is -2.75. The van der Waals surface area contributed by atoms with Crippen LogP contribution in [-0.2, 0) is 6.42 Å². The number of nitrogen functional groups attached to an aromatic ring is 1. The third-order valence-electron chi connectivity index (χ3n) is 3.70. The topological polar surface area (TPSA) is 74.0 Å². The summed E-state index contributed by atoms with van der Waals surface area (Å²) in [6.07, 6.45) is 0.744. The fraction of sp³-hybridized carbons (Fsp3) is 0.118. The van der Waals surface area contributed by atoms with Crippen LogP contribution in [0.15, 0.2) is 48.5 Å². The van der Waals surface area contributed by atoms with Gasteiger partial charge < -0.3 is 11.5 Å². The molecule has 4 N–H and O–H groups in total. The van der Waals surface area contributed by atoms with Crippen molar-refractivity contribution in [2.75, 3.05) is 5.73 Å². The van der Waals surface area contributed by atoms with Crippen LogP contribution in [0.2, 0.25) is 0 Å². The van der Waals surface area contributed by atoms with Crippen LogP contribution in [0.25, 0.3) is 22.0 Å². The minimum absolute atomic E-state index is 0.452. The molecule has 3 aromatic rings. The van der Waals surface area contributed by atoms with Crippen molar-refractivity contribution in [2.45, 2.75) is 13.3 Å². The number of nitrogens with two attached hydrogens (primary N) is 2. The van der Waals surface area contributed by atoms with Crippen LogP contribution >= 0.6 is 0 Å². The highest BCUT2D eigenvalue weighted by Gasteiger charge is 2.14. The minimum Gasteiger partial charge on any atom is -0.399 e. The van der Waals surface area contributed by atoms with Crippen molar-refractivity contribution in [3.8, 4) is 11.1 Å². The molecule has 0 fully saturated rings. The summed E-state index contributed by atoms with van der Waals surface area (Å²) in [6.45, 7) is 2.01. The van der Waals surface area contributed by atoms with Gasteiger partial charge in [0.2, 0.25) is 0 Å². The van der Waals surface area contributed by atoms with Crippen molar-refractivity contribution < 1.29 is 4.79 Å². The number of aromatic nitrogens is 1. The van der Waals surface area contributed by atoms with Crippen LogP contribution in [0.3, 0.4) is 0 Å². The lowest BCUT2D eigenvalue weighted by molar-refractivity contribution is 0.250. The van der Waals surface area contributed by atoms with Gasteiger partial charge in [-0.15, -0.1) is 0 Å². The van der Waals surface area contributed by atoms with Gasteiger partial charge >= 0.3 is 6.03 Å². The van der Waals surface area contributed by atoms with Crippen molar-refractivity contribution >= 4 is 22.6 Å². The molecule has 0 aliphatic carbocycles. The number of benzene rings is 2. The SMILES string of the molecule is CCc1cc2c(-c3cccc(N)c3)cccc2n1C(N)=O. The number of aryl methyl sites for hydroxylation is 1. The zero-order valence-corrected chi connectivity index (χ0v) is 11.8. The maximum absolute atomic E-state index is 11.7. The van der Waals surface area contributed by atoms with E-state index >= 15 is 0 Å². The fourth-order valence-corrected chi connectivity index (χ4v) is 2.76. The number of anilines is 1. The third kappa shape index (κ3) is 2.14. The molecule has 0 saturated carbocycles. The monoisotopic (exact) mass is 279 g/mol. The van der Waals surface area contributed by atoms with E-state index in [2.05, 4.69) is 0 Å². The van der Waals surface area contributed by atoms with Crippen molar-refractivity contribution in [3.63, 3.8) is 0 Å². The van der Waals surface area contributed by atoms with Gasteiger partial charge in [-0.25, -0.2) is 4.79 Å². The lowest BCUT2D eigenvalue weighted by Crippen LogP contribution is -2.21. The Morgan fingerprint density at radius 3 is 2.57 bits per heavy atom. The summed E-state index contributed by atoms with van der Waals surface area (Å²) in [5, 5.41) is 1.01. The minimum atomic E-state index is -0.452. The Kier molecular flexibility index (Phi) is 3.14. The first-order valence-electron chi connectivity index (χ1n) is 6.91. The number of hydrogen-bond donors (Lipinski definition) is 2. The fourth-order valence-electron chi connectivity index (χ4n) is 2.76. The van der Waals surface area contributed by atoms with E-state index in [1.54, 1.807) is 4.57 Å². The summed E-state index contributed by atoms with van der Waals surface area (Å²) in [6, 6.07) is 15.2. The van der Waals surface area contributed by atoms with E-state index in [1.807, 2.05) is 55.5 Å². The van der Waals surface area contributed by atoms with E-state index in [4.69, 9.17) is 11.5 Å². The van der Waals surface area contributed by atoms with Crippen molar-refractivity contribution in [1.82, 2.24) is 4.57 Å². The molecule has 3 rings (SSSR count). The van der Waals surface area contributed by atoms with Gasteiger partial charge in [0, 0.05) is 16.8 Å². The van der Waals surface area contributed by atoms with E-state index in [9.17, 15) is 4.79 Å². The molecule has 0 radical (unpaired) electrons. The van der Waals surface area contributed by atoms with Gasteiger partial charge in [0.25, 0.3) is 0 Å². The van der Waals surface area contributed by atoms with Gasteiger partial charge in [0.05, 0.1) is 5.52 Å². The first-order chi connectivity index (χ1) is 10.1. The Bertz CT molecular complexity index is 833. The van der Waals surface area contributed by atoms with Crippen LogP contribution in [0.1, 0.15) is 12.6 Å². The highest BCUT2D eigenvalue weighted by atomic mass is 16.2. The van der Waals surface area contributed by atoms with Crippen LogP contribution in [0.5, 0.6) is 0 Å². The molecular weight excluding hydrogens is 262 g/mol. The molecule has 0 aliphatic heterocycles. The number of carbonyl (C=O) groups is 1. The molecule has 0 aliphatic rings. The first kappa shape index (κ1) is 13.2. The predicted octanol–water partition coefficient (Wildman–Crippen LogP) is 3.38. The van der Waals surface area contributed by atoms with Crippen LogP contribution in [0.4, 0.5) is 10.5 Å². The van der Waals surface area contributed by atoms with E-state index in [-0.39, 0.29) is 0 Å². The average Bonchev–Trinajstić information content (AvgIpc) is 2.85. The molecule has 0 unspecified atom stereocenters. The summed E-state index contributed by atoms with van der Waals surface area (Å²) in [5.41, 5.74) is 15.9. The Morgan fingerprint density at radius 1 is 1.14 bits per heavy atom. The number of amides is 1. The van der Waals surface area contributed by atoms with Crippen molar-refractivity contribution in [3.05, 3.63) is 54.2 Å². The van der Waals surface area contributed by atoms with Crippen LogP contribution in [0, 0.1) is 0 Å². The molecule has 106 valence electrons. The standard InChI is InChI=1S/C17H17N3O/c1-2-13-10-15-14(11-5-3-6-12(18)9-11)7-4-8-16(15)20(13)17(19)21/h3-10H,2,18H2,1H3,(H2,19,21). The summed E-state index contributed by atoms with van der Waals surface area (Å²) >= 11 is 0. The first-order valence-corrected chi connectivity index (χ1v) is 6.91. The van der Waals surface area contributed by atoms with Gasteiger partial charge in [-0.1, -0.05) is 31.2 Å². The number of nitrogens with zero attached hydrogens (tertiary/aromatic N) is 1. The number of carbonyl (C=O) groups excluding carboxylic acids is 1. The molecule has 2 aromatic carbocycles. The molecule has 4 nitrogen and oxygen atoms in total. The Balaban J connectivity index is 2.33. The predicted molar refractivity (Wildman–Crippen MR) is 86.1 cm³/mol. The largest absolute Gasteiger partial charge is 0.399 e. The van der Waals surface area contributed by atoms with Crippen LogP contribution < -0.4 is 11.5 Å². The van der Waals surface area contributed by atoms with E-state index in [0.717, 1.165) is 39.8 Å². The molecule has 1 aromatic heterocycles. The molecule has 1 heterocycles. The number of hydrogen-bond acceptors (Lipinski definition) is 2. The second-order valence-corrected chi connectivity index (χ2v) is 5.03. The van der Waals surface area contributed by atoms with E-state index in [1.165, 1.54) is 0 Å². The van der Waals surface area contributed by atoms with Crippen LogP contribution in [-0.4, -0.2) is 10.6 Å². The summed E-state index contributed by atoms with van der Waals surface area (Å²) in [5.74, 6) is 0. The van der Waals surface area contributed by atoms with Gasteiger partial charge in [-0.3, -0.25) is 4.57 Å². The van der Waals surface area contributed by atoms with Crippen molar-refractivity contribution in [2.24, 2.45) is 5.73 Å². The summed E-state index contributed by atoms with van der Waals surface area (Å²) < 4.78 is 1.57. The molecule has 0 atom stereocenters. The maximum atomic E-state index is 11.7. The van der Waals surface area contributed by atoms with Crippen molar-refractivity contribution in [1.29, 1.82) is 0 Å². The normalized spacial score (nSPS) is 10.9. The second kappa shape index (κ2) is 4.98. The number of fused-ring (bicyclic) bond motifs is 1. The molecule has 0 bridgehead atoms. The number of primary amides is 1. The molecule has 0 saturated heterocycles. The third-order valence-corrected chi connectivity index (χ3v) is 3.70. The zero-order chi connectivity index (χ0) is 15.0. The smallest absolute Gasteiger partial charge is 0.323 e. The summed E-state index contributed by atoms with van der Waals surface area (Å²) in [4.78, 5) is 11.7. The molecule has 1 amide bonds. The summed E-state index contributed by atoms with van der Waals surface area (Å²) in [7, 11) is 0. The Labute approximate surface area is 123 Å². The molecule has 4 heteroatoms. The molecule has 0 spiro atoms. The maximum Gasteiger partial charge on any atom is 0.323 e. The highest BCUT2D eigenvalue weighted by Crippen LogP contribution is 2.32. The Morgan fingerprint density at radius 2 is 1.90 bits per heavy atom. The lowest BCUT2D eigenvalue weighted by Gasteiger charge is -2.06. The van der Waals surface area contributed by atoms with Gasteiger partial charge in [0.15, 0.2) is 0 Å². The average molecular weight is 279 g/mol. The van der Waals surface area contributed by atoms with E-state index in [0.29, 0.717) is 0 Å². The number of rotatable bonds is 2. The molecular formula is C17H17N3O. The lowest BCUT2D eigenvalue weighted by atomic mass is 10.0.